The molecule has 3 rings (SSSR count). The highest BCUT2D eigenvalue weighted by atomic mass is 35.5. The van der Waals surface area contributed by atoms with Gasteiger partial charge in [0, 0.05) is 17.5 Å². The number of benzene rings is 1. The highest BCUT2D eigenvalue weighted by molar-refractivity contribution is 7.16. The van der Waals surface area contributed by atoms with Gasteiger partial charge in [0.1, 0.15) is 11.6 Å². The zero-order valence-corrected chi connectivity index (χ0v) is 15.3. The number of halogens is 1. The molecule has 1 aromatic carbocycles. The van der Waals surface area contributed by atoms with Crippen LogP contribution in [0.4, 0.5) is 0 Å². The first-order chi connectivity index (χ1) is 11.9. The Labute approximate surface area is 153 Å². The molecule has 0 saturated heterocycles. The molecule has 0 aliphatic heterocycles. The van der Waals surface area contributed by atoms with Crippen LogP contribution in [0.5, 0.6) is 0 Å². The van der Waals surface area contributed by atoms with E-state index in [-0.39, 0.29) is 12.2 Å². The Kier molecular flexibility index (Phi) is 5.15. The van der Waals surface area contributed by atoms with Crippen LogP contribution in [0.1, 0.15) is 34.9 Å². The Morgan fingerprint density at radius 3 is 2.72 bits per heavy atom. The van der Waals surface area contributed by atoms with Crippen molar-refractivity contribution < 1.29 is 9.53 Å². The molecule has 0 radical (unpaired) electrons. The third kappa shape index (κ3) is 4.24. The second-order valence-electron chi connectivity index (χ2n) is 5.96. The fourth-order valence-corrected chi connectivity index (χ4v) is 3.47. The Morgan fingerprint density at radius 2 is 2.04 bits per heavy atom. The van der Waals surface area contributed by atoms with Gasteiger partial charge in [-0.05, 0) is 30.2 Å². The molecule has 0 bridgehead atoms. The van der Waals surface area contributed by atoms with Crippen molar-refractivity contribution in [1.29, 1.82) is 0 Å². The number of nitrogens with zero attached hydrogens (tertiary/aromatic N) is 3. The number of carbonyl (C=O) groups excluding carboxylic acids is 1. The molecule has 2 heterocycles. The Hall–Kier alpha value is -2.25. The minimum atomic E-state index is -0.497. The van der Waals surface area contributed by atoms with Crippen molar-refractivity contribution in [3.8, 4) is 0 Å². The van der Waals surface area contributed by atoms with Crippen LogP contribution < -0.4 is 5.56 Å². The molecule has 0 fully saturated rings. The van der Waals surface area contributed by atoms with Crippen molar-refractivity contribution in [1.82, 2.24) is 14.6 Å². The topological polar surface area (TPSA) is 73.6 Å². The van der Waals surface area contributed by atoms with Crippen LogP contribution in [-0.2, 0) is 17.8 Å². The minimum absolute atomic E-state index is 0.0788. The average molecular weight is 378 g/mol. The average Bonchev–Trinajstić information content (AvgIpc) is 2.95. The molecule has 8 heteroatoms. The number of hydrogen-bond donors (Lipinski definition) is 0. The molecule has 6 nitrogen and oxygen atoms in total. The molecule has 0 atom stereocenters. The summed E-state index contributed by atoms with van der Waals surface area (Å²) in [6, 6.07) is 7.72. The molecular formula is C17H16ClN3O3S. The first-order valence-electron chi connectivity index (χ1n) is 7.74. The number of ether oxygens (including phenoxy) is 1. The summed E-state index contributed by atoms with van der Waals surface area (Å²) in [5, 5.41) is 5.68. The van der Waals surface area contributed by atoms with Gasteiger partial charge in [0.05, 0.1) is 11.3 Å². The van der Waals surface area contributed by atoms with Crippen LogP contribution in [0, 0.1) is 5.92 Å². The molecule has 2 aromatic heterocycles. The smallest absolute Gasteiger partial charge is 0.338 e. The lowest BCUT2D eigenvalue weighted by atomic mass is 10.1. The van der Waals surface area contributed by atoms with E-state index < -0.39 is 5.97 Å². The van der Waals surface area contributed by atoms with E-state index in [1.54, 1.807) is 24.3 Å². The van der Waals surface area contributed by atoms with E-state index in [2.05, 4.69) is 23.9 Å². The quantitative estimate of drug-likeness (QED) is 0.637. The summed E-state index contributed by atoms with van der Waals surface area (Å²) in [7, 11) is 0. The van der Waals surface area contributed by atoms with Crippen LogP contribution in [0.2, 0.25) is 5.02 Å². The van der Waals surface area contributed by atoms with Crippen molar-refractivity contribution in [2.24, 2.45) is 5.92 Å². The number of hydrogen-bond acceptors (Lipinski definition) is 6. The molecule has 0 N–H and O–H groups in total. The first kappa shape index (κ1) is 17.6. The second kappa shape index (κ2) is 7.33. The van der Waals surface area contributed by atoms with Crippen molar-refractivity contribution >= 4 is 33.9 Å². The molecular weight excluding hydrogens is 362 g/mol. The van der Waals surface area contributed by atoms with E-state index in [1.165, 1.54) is 21.9 Å². The summed E-state index contributed by atoms with van der Waals surface area (Å²) < 4.78 is 6.51. The predicted molar refractivity (Wildman–Crippen MR) is 96.2 cm³/mol. The lowest BCUT2D eigenvalue weighted by Gasteiger charge is -2.04. The minimum Gasteiger partial charge on any atom is -0.456 e. The highest BCUT2D eigenvalue weighted by Crippen LogP contribution is 2.16. The SMILES string of the molecule is CC(C)Cc1nn2c(=O)cc(COC(=O)c3ccc(Cl)cc3)nc2s1. The van der Waals surface area contributed by atoms with E-state index in [1.807, 2.05) is 0 Å². The molecule has 0 saturated carbocycles. The third-order valence-electron chi connectivity index (χ3n) is 3.35. The van der Waals surface area contributed by atoms with Crippen LogP contribution in [0.25, 0.3) is 4.96 Å². The maximum absolute atomic E-state index is 12.2. The van der Waals surface area contributed by atoms with Gasteiger partial charge in [-0.15, -0.1) is 0 Å². The van der Waals surface area contributed by atoms with Crippen molar-refractivity contribution in [3.63, 3.8) is 0 Å². The summed E-state index contributed by atoms with van der Waals surface area (Å²) in [6.45, 7) is 4.10. The van der Waals surface area contributed by atoms with E-state index in [0.717, 1.165) is 11.4 Å². The fourth-order valence-electron chi connectivity index (χ4n) is 2.21. The predicted octanol–water partition coefficient (Wildman–Crippen LogP) is 3.36. The maximum Gasteiger partial charge on any atom is 0.338 e. The van der Waals surface area contributed by atoms with Gasteiger partial charge >= 0.3 is 5.97 Å². The van der Waals surface area contributed by atoms with E-state index in [9.17, 15) is 9.59 Å². The van der Waals surface area contributed by atoms with E-state index >= 15 is 0 Å². The lowest BCUT2D eigenvalue weighted by molar-refractivity contribution is 0.0468. The van der Waals surface area contributed by atoms with Crippen LogP contribution >= 0.6 is 22.9 Å². The van der Waals surface area contributed by atoms with Gasteiger partial charge in [-0.3, -0.25) is 4.79 Å². The second-order valence-corrected chi connectivity index (χ2v) is 7.43. The standard InChI is InChI=1S/C17H16ClN3O3S/c1-10(2)7-14-20-21-15(22)8-13(19-17(21)25-14)9-24-16(23)11-3-5-12(18)6-4-11/h3-6,8,10H,7,9H2,1-2H3. The lowest BCUT2D eigenvalue weighted by Crippen LogP contribution is -2.16. The van der Waals surface area contributed by atoms with Crippen molar-refractivity contribution in [2.45, 2.75) is 26.9 Å². The summed E-state index contributed by atoms with van der Waals surface area (Å²) >= 11 is 7.16. The van der Waals surface area contributed by atoms with E-state index in [4.69, 9.17) is 16.3 Å². The van der Waals surface area contributed by atoms with E-state index in [0.29, 0.717) is 27.2 Å². The molecule has 0 aliphatic carbocycles. The van der Waals surface area contributed by atoms with Gasteiger partial charge in [0.25, 0.3) is 5.56 Å². The molecule has 130 valence electrons. The largest absolute Gasteiger partial charge is 0.456 e. The third-order valence-corrected chi connectivity index (χ3v) is 4.54. The zero-order valence-electron chi connectivity index (χ0n) is 13.7. The Bertz CT molecular complexity index is 963. The zero-order chi connectivity index (χ0) is 18.0. The fraction of sp³-hybridized carbons (Fsp3) is 0.294. The summed E-state index contributed by atoms with van der Waals surface area (Å²) in [5.74, 6) is -0.0560. The van der Waals surface area contributed by atoms with Gasteiger partial charge in [-0.1, -0.05) is 36.8 Å². The van der Waals surface area contributed by atoms with Gasteiger partial charge in [-0.25, -0.2) is 9.78 Å². The van der Waals surface area contributed by atoms with Gasteiger partial charge < -0.3 is 4.74 Å². The van der Waals surface area contributed by atoms with Crippen LogP contribution in [0.3, 0.4) is 0 Å². The first-order valence-corrected chi connectivity index (χ1v) is 8.93. The molecule has 0 amide bonds. The van der Waals surface area contributed by atoms with Crippen molar-refractivity contribution in [2.75, 3.05) is 0 Å². The van der Waals surface area contributed by atoms with Crippen LogP contribution in [-0.4, -0.2) is 20.6 Å². The van der Waals surface area contributed by atoms with Gasteiger partial charge in [-0.2, -0.15) is 9.61 Å². The Morgan fingerprint density at radius 1 is 1.32 bits per heavy atom. The summed E-state index contributed by atoms with van der Waals surface area (Å²) in [5.41, 5.74) is 0.500. The number of esters is 1. The molecule has 0 spiro atoms. The Balaban J connectivity index is 1.76. The molecule has 25 heavy (non-hydrogen) atoms. The number of fused-ring (bicyclic) bond motifs is 1. The van der Waals surface area contributed by atoms with Gasteiger partial charge in [0.15, 0.2) is 0 Å². The summed E-state index contributed by atoms with van der Waals surface area (Å²) in [6.07, 6.45) is 0.786. The van der Waals surface area contributed by atoms with Crippen LogP contribution in [0.15, 0.2) is 35.1 Å². The number of carbonyl (C=O) groups is 1. The highest BCUT2D eigenvalue weighted by Gasteiger charge is 2.12. The summed E-state index contributed by atoms with van der Waals surface area (Å²) in [4.78, 5) is 29.0. The number of rotatable bonds is 5. The maximum atomic E-state index is 12.2. The molecule has 3 aromatic rings. The number of aromatic nitrogens is 3. The van der Waals surface area contributed by atoms with Crippen molar-refractivity contribution in [3.05, 3.63) is 62.0 Å². The normalized spacial score (nSPS) is 11.2. The molecule has 0 unspecified atom stereocenters. The molecule has 0 aliphatic rings. The monoisotopic (exact) mass is 377 g/mol. The van der Waals surface area contributed by atoms with Gasteiger partial charge in [0.2, 0.25) is 4.96 Å².